The third kappa shape index (κ3) is 6.40. The van der Waals surface area contributed by atoms with Crippen molar-refractivity contribution in [1.82, 2.24) is 15.1 Å². The maximum Gasteiger partial charge on any atom is 0.277 e. The molecule has 0 bridgehead atoms. The van der Waals surface area contributed by atoms with Gasteiger partial charge in [-0.05, 0) is 36.8 Å². The summed E-state index contributed by atoms with van der Waals surface area (Å²) in [5, 5.41) is 17.0. The number of amides is 1. The molecule has 1 aromatic carbocycles. The van der Waals surface area contributed by atoms with E-state index in [9.17, 15) is 4.79 Å². The SMILES string of the molecule is Cc1cccc(OCc2nnc(SCC(=O)N(CCC#N)Cc3ccco3)o2)c1. The molecule has 150 valence electrons. The van der Waals surface area contributed by atoms with Gasteiger partial charge in [-0.3, -0.25) is 4.79 Å². The first-order chi connectivity index (χ1) is 14.1. The number of thioether (sulfide) groups is 1. The van der Waals surface area contributed by atoms with Gasteiger partial charge in [-0.1, -0.05) is 23.9 Å². The highest BCUT2D eigenvalue weighted by Gasteiger charge is 2.17. The molecule has 2 aromatic heterocycles. The second-order valence-electron chi connectivity index (χ2n) is 6.16. The zero-order valence-corrected chi connectivity index (χ0v) is 16.7. The van der Waals surface area contributed by atoms with E-state index in [1.54, 1.807) is 23.3 Å². The van der Waals surface area contributed by atoms with Gasteiger partial charge in [-0.15, -0.1) is 10.2 Å². The number of aromatic nitrogens is 2. The highest BCUT2D eigenvalue weighted by Crippen LogP contribution is 2.19. The van der Waals surface area contributed by atoms with Crippen LogP contribution in [0.3, 0.4) is 0 Å². The fraction of sp³-hybridized carbons (Fsp3) is 0.300. The van der Waals surface area contributed by atoms with Crippen LogP contribution in [0.2, 0.25) is 0 Å². The molecule has 0 saturated heterocycles. The molecule has 0 saturated carbocycles. The van der Waals surface area contributed by atoms with Crippen molar-refractivity contribution in [3.05, 3.63) is 59.9 Å². The van der Waals surface area contributed by atoms with Crippen molar-refractivity contribution in [2.24, 2.45) is 0 Å². The van der Waals surface area contributed by atoms with Gasteiger partial charge in [0.1, 0.15) is 11.5 Å². The van der Waals surface area contributed by atoms with Crippen molar-refractivity contribution < 1.29 is 18.4 Å². The molecule has 0 fully saturated rings. The van der Waals surface area contributed by atoms with E-state index >= 15 is 0 Å². The summed E-state index contributed by atoms with van der Waals surface area (Å²) in [4.78, 5) is 14.1. The van der Waals surface area contributed by atoms with Gasteiger partial charge in [0.2, 0.25) is 5.91 Å². The van der Waals surface area contributed by atoms with Crippen LogP contribution in [-0.2, 0) is 17.9 Å². The van der Waals surface area contributed by atoms with E-state index in [2.05, 4.69) is 16.3 Å². The number of carbonyl (C=O) groups excluding carboxylic acids is 1. The van der Waals surface area contributed by atoms with Crippen LogP contribution in [0.4, 0.5) is 0 Å². The summed E-state index contributed by atoms with van der Waals surface area (Å²) < 4.78 is 16.5. The second-order valence-corrected chi connectivity index (χ2v) is 7.08. The van der Waals surface area contributed by atoms with E-state index in [4.69, 9.17) is 18.8 Å². The standard InChI is InChI=1S/C20H20N4O4S/c1-15-5-2-6-16(11-15)27-13-18-22-23-20(28-18)29-14-19(25)24(9-4-8-21)12-17-7-3-10-26-17/h2-3,5-7,10-11H,4,9,12-14H2,1H3. The summed E-state index contributed by atoms with van der Waals surface area (Å²) in [6.45, 7) is 2.78. The molecule has 1 amide bonds. The Morgan fingerprint density at radius 3 is 2.97 bits per heavy atom. The quantitative estimate of drug-likeness (QED) is 0.465. The topological polar surface area (TPSA) is 105 Å². The molecule has 2 heterocycles. The number of nitriles is 1. The molecule has 3 rings (SSSR count). The smallest absolute Gasteiger partial charge is 0.277 e. The zero-order chi connectivity index (χ0) is 20.5. The molecule has 0 atom stereocenters. The minimum absolute atomic E-state index is 0.118. The van der Waals surface area contributed by atoms with E-state index in [1.165, 1.54) is 0 Å². The van der Waals surface area contributed by atoms with E-state index in [1.807, 2.05) is 31.2 Å². The number of benzene rings is 1. The van der Waals surface area contributed by atoms with Gasteiger partial charge in [-0.25, -0.2) is 0 Å². The van der Waals surface area contributed by atoms with Crippen LogP contribution in [0.15, 0.2) is 56.7 Å². The minimum Gasteiger partial charge on any atom is -0.484 e. The molecular formula is C20H20N4O4S. The van der Waals surface area contributed by atoms with Gasteiger partial charge in [-0.2, -0.15) is 5.26 Å². The highest BCUT2D eigenvalue weighted by molar-refractivity contribution is 7.99. The Hall–Kier alpha value is -3.25. The molecule has 0 unspecified atom stereocenters. The lowest BCUT2D eigenvalue weighted by Gasteiger charge is -2.19. The first-order valence-corrected chi connectivity index (χ1v) is 9.94. The largest absolute Gasteiger partial charge is 0.484 e. The number of furan rings is 1. The van der Waals surface area contributed by atoms with Crippen LogP contribution in [0.1, 0.15) is 23.6 Å². The van der Waals surface area contributed by atoms with Crippen LogP contribution in [0, 0.1) is 18.3 Å². The lowest BCUT2D eigenvalue weighted by molar-refractivity contribution is -0.129. The lowest BCUT2D eigenvalue weighted by Crippen LogP contribution is -2.32. The lowest BCUT2D eigenvalue weighted by atomic mass is 10.2. The van der Waals surface area contributed by atoms with E-state index < -0.39 is 0 Å². The summed E-state index contributed by atoms with van der Waals surface area (Å²) >= 11 is 1.15. The predicted octanol–water partition coefficient (Wildman–Crippen LogP) is 3.58. The van der Waals surface area contributed by atoms with E-state index in [0.29, 0.717) is 30.0 Å². The van der Waals surface area contributed by atoms with Gasteiger partial charge in [0.15, 0.2) is 6.61 Å². The van der Waals surface area contributed by atoms with Gasteiger partial charge in [0.05, 0.1) is 31.1 Å². The van der Waals surface area contributed by atoms with Crippen molar-refractivity contribution in [3.8, 4) is 11.8 Å². The molecule has 0 N–H and O–H groups in total. The molecule has 8 nitrogen and oxygen atoms in total. The van der Waals surface area contributed by atoms with Crippen molar-refractivity contribution in [3.63, 3.8) is 0 Å². The number of ether oxygens (including phenoxy) is 1. The second kappa shape index (κ2) is 10.3. The normalized spacial score (nSPS) is 10.5. The number of hydrogen-bond donors (Lipinski definition) is 0. The van der Waals surface area contributed by atoms with Crippen molar-refractivity contribution in [2.75, 3.05) is 12.3 Å². The number of aryl methyl sites for hydroxylation is 1. The maximum atomic E-state index is 12.5. The van der Waals surface area contributed by atoms with Crippen LogP contribution in [-0.4, -0.2) is 33.3 Å². The number of nitrogens with zero attached hydrogens (tertiary/aromatic N) is 4. The summed E-state index contributed by atoms with van der Waals surface area (Å²) in [6.07, 6.45) is 1.80. The van der Waals surface area contributed by atoms with Crippen LogP contribution in [0.25, 0.3) is 0 Å². The van der Waals surface area contributed by atoms with Crippen molar-refractivity contribution >= 4 is 17.7 Å². The Kier molecular flexibility index (Phi) is 7.30. The monoisotopic (exact) mass is 412 g/mol. The summed E-state index contributed by atoms with van der Waals surface area (Å²) in [5.74, 6) is 1.69. The van der Waals surface area contributed by atoms with E-state index in [-0.39, 0.29) is 24.7 Å². The minimum atomic E-state index is -0.141. The Bertz CT molecular complexity index is 965. The van der Waals surface area contributed by atoms with Gasteiger partial charge in [0.25, 0.3) is 11.1 Å². The van der Waals surface area contributed by atoms with Crippen LogP contribution in [0.5, 0.6) is 5.75 Å². The summed E-state index contributed by atoms with van der Waals surface area (Å²) in [7, 11) is 0. The fourth-order valence-electron chi connectivity index (χ4n) is 2.49. The molecule has 0 aliphatic heterocycles. The Labute approximate surface area is 172 Å². The van der Waals surface area contributed by atoms with E-state index in [0.717, 1.165) is 23.1 Å². The Balaban J connectivity index is 1.50. The number of rotatable bonds is 10. The Morgan fingerprint density at radius 1 is 1.31 bits per heavy atom. The predicted molar refractivity (Wildman–Crippen MR) is 105 cm³/mol. The maximum absolute atomic E-state index is 12.5. The first kappa shape index (κ1) is 20.5. The third-order valence-corrected chi connectivity index (χ3v) is 4.70. The summed E-state index contributed by atoms with van der Waals surface area (Å²) in [5.41, 5.74) is 1.10. The fourth-order valence-corrected chi connectivity index (χ4v) is 3.17. The average Bonchev–Trinajstić information content (AvgIpc) is 3.39. The first-order valence-electron chi connectivity index (χ1n) is 8.96. The van der Waals surface area contributed by atoms with Crippen LogP contribution >= 0.6 is 11.8 Å². The highest BCUT2D eigenvalue weighted by atomic mass is 32.2. The molecule has 29 heavy (non-hydrogen) atoms. The van der Waals surface area contributed by atoms with Crippen molar-refractivity contribution in [2.45, 2.75) is 31.7 Å². The van der Waals surface area contributed by atoms with Gasteiger partial charge in [0, 0.05) is 6.54 Å². The van der Waals surface area contributed by atoms with Crippen molar-refractivity contribution in [1.29, 1.82) is 5.26 Å². The molecule has 0 aliphatic rings. The number of hydrogen-bond acceptors (Lipinski definition) is 8. The summed E-state index contributed by atoms with van der Waals surface area (Å²) in [6, 6.07) is 13.3. The average molecular weight is 412 g/mol. The zero-order valence-electron chi connectivity index (χ0n) is 15.9. The van der Waals surface area contributed by atoms with Gasteiger partial charge < -0.3 is 18.5 Å². The Morgan fingerprint density at radius 2 is 2.21 bits per heavy atom. The molecule has 3 aromatic rings. The number of carbonyl (C=O) groups is 1. The molecule has 9 heteroatoms. The third-order valence-electron chi connectivity index (χ3n) is 3.89. The molecule has 0 spiro atoms. The van der Waals surface area contributed by atoms with Gasteiger partial charge >= 0.3 is 0 Å². The molecule has 0 radical (unpaired) electrons. The molecular weight excluding hydrogens is 392 g/mol. The molecule has 0 aliphatic carbocycles. The van der Waals surface area contributed by atoms with Crippen LogP contribution < -0.4 is 4.74 Å².